The molecule has 0 aliphatic rings. The first kappa shape index (κ1) is 17.3. The Hall–Kier alpha value is -2.53. The van der Waals surface area contributed by atoms with Gasteiger partial charge in [0.25, 0.3) is 0 Å². The highest BCUT2D eigenvalue weighted by Crippen LogP contribution is 2.24. The average molecular weight is 339 g/mol. The Labute approximate surface area is 148 Å². The molecule has 5 nitrogen and oxygen atoms in total. The third-order valence-electron chi connectivity index (χ3n) is 4.41. The van der Waals surface area contributed by atoms with Crippen LogP contribution >= 0.6 is 0 Å². The molecule has 1 N–H and O–H groups in total. The van der Waals surface area contributed by atoms with Crippen molar-refractivity contribution in [2.24, 2.45) is 0 Å². The summed E-state index contributed by atoms with van der Waals surface area (Å²) in [6.07, 6.45) is 0. The Morgan fingerprint density at radius 1 is 1.08 bits per heavy atom. The van der Waals surface area contributed by atoms with Gasteiger partial charge in [0.2, 0.25) is 0 Å². The van der Waals surface area contributed by atoms with Crippen LogP contribution in [0.5, 0.6) is 11.5 Å². The third kappa shape index (κ3) is 3.61. The van der Waals surface area contributed by atoms with Crippen molar-refractivity contribution in [1.29, 1.82) is 0 Å². The molecule has 0 fully saturated rings. The molecular weight excluding hydrogens is 314 g/mol. The lowest BCUT2D eigenvalue weighted by molar-refractivity contribution is 0.392. The van der Waals surface area contributed by atoms with Gasteiger partial charge in [0.15, 0.2) is 0 Å². The summed E-state index contributed by atoms with van der Waals surface area (Å²) in [6.45, 7) is 5.90. The number of ether oxygens (including phenoxy) is 2. The van der Waals surface area contributed by atoms with Crippen LogP contribution in [0.25, 0.3) is 11.0 Å². The summed E-state index contributed by atoms with van der Waals surface area (Å²) in [6, 6.07) is 14.3. The summed E-state index contributed by atoms with van der Waals surface area (Å²) in [5.41, 5.74) is 3.33. The van der Waals surface area contributed by atoms with E-state index in [4.69, 9.17) is 14.5 Å². The molecule has 0 saturated carbocycles. The van der Waals surface area contributed by atoms with Crippen LogP contribution in [0.15, 0.2) is 42.5 Å². The van der Waals surface area contributed by atoms with E-state index in [2.05, 4.69) is 41.9 Å². The monoisotopic (exact) mass is 339 g/mol. The van der Waals surface area contributed by atoms with Crippen molar-refractivity contribution in [1.82, 2.24) is 14.9 Å². The van der Waals surface area contributed by atoms with Crippen LogP contribution < -0.4 is 14.8 Å². The zero-order chi connectivity index (χ0) is 17.8. The minimum atomic E-state index is 0.129. The molecule has 1 heterocycles. The van der Waals surface area contributed by atoms with E-state index in [0.717, 1.165) is 34.9 Å². The quantitative estimate of drug-likeness (QED) is 0.709. The number of benzene rings is 2. The van der Waals surface area contributed by atoms with E-state index in [0.29, 0.717) is 6.54 Å². The van der Waals surface area contributed by atoms with Crippen LogP contribution in [0.1, 0.15) is 31.3 Å². The average Bonchev–Trinajstić information content (AvgIpc) is 3.04. The number of aromatic nitrogens is 2. The molecule has 0 aliphatic heterocycles. The third-order valence-corrected chi connectivity index (χ3v) is 4.41. The molecule has 1 unspecified atom stereocenters. The van der Waals surface area contributed by atoms with Crippen molar-refractivity contribution in [2.45, 2.75) is 33.0 Å². The van der Waals surface area contributed by atoms with E-state index in [1.54, 1.807) is 14.2 Å². The van der Waals surface area contributed by atoms with E-state index in [-0.39, 0.29) is 6.04 Å². The first-order valence-electron chi connectivity index (χ1n) is 8.56. The fourth-order valence-electron chi connectivity index (χ4n) is 3.09. The predicted molar refractivity (Wildman–Crippen MR) is 100 cm³/mol. The zero-order valence-electron chi connectivity index (χ0n) is 15.2. The highest BCUT2D eigenvalue weighted by atomic mass is 16.5. The van der Waals surface area contributed by atoms with E-state index in [9.17, 15) is 0 Å². The lowest BCUT2D eigenvalue weighted by Crippen LogP contribution is -2.21. The van der Waals surface area contributed by atoms with Crippen molar-refractivity contribution < 1.29 is 9.47 Å². The molecule has 0 spiro atoms. The maximum absolute atomic E-state index is 5.34. The Bertz CT molecular complexity index is 835. The van der Waals surface area contributed by atoms with Gasteiger partial charge in [-0.15, -0.1) is 0 Å². The second-order valence-electron chi connectivity index (χ2n) is 6.03. The minimum Gasteiger partial charge on any atom is -0.497 e. The lowest BCUT2D eigenvalue weighted by Gasteiger charge is -2.16. The SMILES string of the molecule is CCn1c(C(C)NCc2cc(OC)cc(OC)c2)nc2ccccc21. The van der Waals surface area contributed by atoms with Crippen LogP contribution in [-0.4, -0.2) is 23.8 Å². The van der Waals surface area contributed by atoms with Crippen molar-refractivity contribution in [3.63, 3.8) is 0 Å². The highest BCUT2D eigenvalue weighted by molar-refractivity contribution is 5.76. The number of fused-ring (bicyclic) bond motifs is 1. The van der Waals surface area contributed by atoms with Crippen LogP contribution in [0, 0.1) is 0 Å². The maximum atomic E-state index is 5.34. The van der Waals surface area contributed by atoms with Gasteiger partial charge < -0.3 is 19.4 Å². The predicted octanol–water partition coefficient (Wildman–Crippen LogP) is 3.92. The molecule has 25 heavy (non-hydrogen) atoms. The van der Waals surface area contributed by atoms with Crippen LogP contribution in [0.2, 0.25) is 0 Å². The molecule has 132 valence electrons. The number of methoxy groups -OCH3 is 2. The van der Waals surface area contributed by atoms with Gasteiger partial charge >= 0.3 is 0 Å². The van der Waals surface area contributed by atoms with Crippen molar-refractivity contribution in [2.75, 3.05) is 14.2 Å². The minimum absolute atomic E-state index is 0.129. The molecule has 0 amide bonds. The Kier molecular flexibility index (Phi) is 5.24. The fraction of sp³-hybridized carbons (Fsp3) is 0.350. The van der Waals surface area contributed by atoms with Crippen LogP contribution in [0.3, 0.4) is 0 Å². The van der Waals surface area contributed by atoms with Crippen molar-refractivity contribution >= 4 is 11.0 Å². The highest BCUT2D eigenvalue weighted by Gasteiger charge is 2.15. The first-order valence-corrected chi connectivity index (χ1v) is 8.56. The smallest absolute Gasteiger partial charge is 0.126 e. The number of rotatable bonds is 7. The van der Waals surface area contributed by atoms with Gasteiger partial charge in [0, 0.05) is 19.2 Å². The molecule has 3 rings (SSSR count). The van der Waals surface area contributed by atoms with Gasteiger partial charge in [-0.25, -0.2) is 4.98 Å². The molecule has 0 aliphatic carbocycles. The van der Waals surface area contributed by atoms with Crippen molar-refractivity contribution in [3.8, 4) is 11.5 Å². The Morgan fingerprint density at radius 3 is 2.40 bits per heavy atom. The first-order chi connectivity index (χ1) is 12.2. The normalized spacial score (nSPS) is 12.3. The second kappa shape index (κ2) is 7.57. The fourth-order valence-corrected chi connectivity index (χ4v) is 3.09. The van der Waals surface area contributed by atoms with E-state index >= 15 is 0 Å². The summed E-state index contributed by atoms with van der Waals surface area (Å²) < 4.78 is 12.9. The molecule has 0 saturated heterocycles. The van der Waals surface area contributed by atoms with E-state index < -0.39 is 0 Å². The summed E-state index contributed by atoms with van der Waals surface area (Å²) in [7, 11) is 3.33. The second-order valence-corrected chi connectivity index (χ2v) is 6.03. The number of hydrogen-bond donors (Lipinski definition) is 1. The molecule has 2 aromatic carbocycles. The van der Waals surface area contributed by atoms with Gasteiger partial charge in [-0.1, -0.05) is 12.1 Å². The van der Waals surface area contributed by atoms with Gasteiger partial charge in [0.05, 0.1) is 31.3 Å². The molecule has 0 bridgehead atoms. The van der Waals surface area contributed by atoms with Crippen LogP contribution in [0.4, 0.5) is 0 Å². The molecule has 0 radical (unpaired) electrons. The number of nitrogens with one attached hydrogen (secondary N) is 1. The Balaban J connectivity index is 1.80. The summed E-state index contributed by atoms with van der Waals surface area (Å²) in [5.74, 6) is 2.65. The number of aryl methyl sites for hydroxylation is 1. The molecule has 1 aromatic heterocycles. The van der Waals surface area contributed by atoms with E-state index in [1.807, 2.05) is 24.3 Å². The summed E-state index contributed by atoms with van der Waals surface area (Å²) in [5, 5.41) is 3.56. The van der Waals surface area contributed by atoms with Crippen molar-refractivity contribution in [3.05, 3.63) is 53.9 Å². The maximum Gasteiger partial charge on any atom is 0.126 e. The molecule has 5 heteroatoms. The van der Waals surface area contributed by atoms with Gasteiger partial charge in [0.1, 0.15) is 17.3 Å². The number of para-hydroxylation sites is 2. The Morgan fingerprint density at radius 2 is 1.76 bits per heavy atom. The summed E-state index contributed by atoms with van der Waals surface area (Å²) in [4.78, 5) is 4.81. The number of hydrogen-bond acceptors (Lipinski definition) is 4. The molecular formula is C20H25N3O2. The molecule has 1 atom stereocenters. The van der Waals surface area contributed by atoms with Gasteiger partial charge in [-0.3, -0.25) is 0 Å². The summed E-state index contributed by atoms with van der Waals surface area (Å²) >= 11 is 0. The zero-order valence-corrected chi connectivity index (χ0v) is 15.2. The standard InChI is InChI=1S/C20H25N3O2/c1-5-23-19-9-7-6-8-18(19)22-20(23)14(2)21-13-15-10-16(24-3)12-17(11-15)25-4/h6-12,14,21H,5,13H2,1-4H3. The van der Waals surface area contributed by atoms with E-state index in [1.165, 1.54) is 5.52 Å². The van der Waals surface area contributed by atoms with Crippen LogP contribution in [-0.2, 0) is 13.1 Å². The van der Waals surface area contributed by atoms with Gasteiger partial charge in [-0.05, 0) is 43.7 Å². The lowest BCUT2D eigenvalue weighted by atomic mass is 10.2. The number of imidazole rings is 1. The molecule has 3 aromatic rings. The number of nitrogens with zero attached hydrogens (tertiary/aromatic N) is 2. The van der Waals surface area contributed by atoms with Gasteiger partial charge in [-0.2, -0.15) is 0 Å². The topological polar surface area (TPSA) is 48.3 Å². The largest absolute Gasteiger partial charge is 0.497 e.